The van der Waals surface area contributed by atoms with Crippen LogP contribution in [0.4, 0.5) is 5.82 Å². The number of nitrogens with two attached hydrogens (primary N) is 1. The predicted molar refractivity (Wildman–Crippen MR) is 61.6 cm³/mol. The molecule has 0 amide bonds. The largest absolute Gasteiger partial charge is 0.384 e. The van der Waals surface area contributed by atoms with E-state index in [0.717, 1.165) is 24.4 Å². The van der Waals surface area contributed by atoms with E-state index in [-0.39, 0.29) is 0 Å². The third-order valence-electron chi connectivity index (χ3n) is 3.15. The van der Waals surface area contributed by atoms with Crippen molar-refractivity contribution in [2.24, 2.45) is 5.41 Å². The molecule has 0 saturated heterocycles. The Bertz CT molecular complexity index is 371. The highest BCUT2D eigenvalue weighted by atomic mass is 15.0. The van der Waals surface area contributed by atoms with Gasteiger partial charge in [-0.1, -0.05) is 27.2 Å². The molecule has 3 nitrogen and oxygen atoms in total. The number of rotatable bonds is 3. The van der Waals surface area contributed by atoms with Gasteiger partial charge < -0.3 is 5.73 Å². The Morgan fingerprint density at radius 1 is 1.47 bits per heavy atom. The molecule has 15 heavy (non-hydrogen) atoms. The van der Waals surface area contributed by atoms with Gasteiger partial charge in [0.15, 0.2) is 0 Å². The number of aryl methyl sites for hydroxylation is 1. The second-order valence-electron chi connectivity index (χ2n) is 5.14. The lowest BCUT2D eigenvalue weighted by molar-refractivity contribution is 0.606. The number of nitrogens with zero attached hydrogens (tertiary/aromatic N) is 2. The number of nitrogen functional groups attached to an aromatic ring is 1. The molecule has 2 N–H and O–H groups in total. The zero-order chi connectivity index (χ0) is 11.1. The van der Waals surface area contributed by atoms with Crippen molar-refractivity contribution in [3.8, 4) is 0 Å². The molecule has 0 aromatic carbocycles. The SMILES string of the molecule is CCCc1cc(N)nc(C2CC2(C)C)n1. The van der Waals surface area contributed by atoms with Gasteiger partial charge in [-0.3, -0.25) is 0 Å². The average Bonchev–Trinajstić information content (AvgIpc) is 2.75. The maximum atomic E-state index is 5.79. The summed E-state index contributed by atoms with van der Waals surface area (Å²) < 4.78 is 0. The van der Waals surface area contributed by atoms with Gasteiger partial charge in [-0.25, -0.2) is 9.97 Å². The van der Waals surface area contributed by atoms with Crippen LogP contribution in [-0.4, -0.2) is 9.97 Å². The zero-order valence-electron chi connectivity index (χ0n) is 9.75. The summed E-state index contributed by atoms with van der Waals surface area (Å²) in [5.41, 5.74) is 7.25. The topological polar surface area (TPSA) is 51.8 Å². The molecular formula is C12H19N3. The highest BCUT2D eigenvalue weighted by Crippen LogP contribution is 2.57. The van der Waals surface area contributed by atoms with Gasteiger partial charge in [-0.15, -0.1) is 0 Å². The lowest BCUT2D eigenvalue weighted by Crippen LogP contribution is -2.04. The van der Waals surface area contributed by atoms with Crippen LogP contribution in [0.3, 0.4) is 0 Å². The predicted octanol–water partition coefficient (Wildman–Crippen LogP) is 2.52. The molecule has 0 radical (unpaired) electrons. The Labute approximate surface area is 91.1 Å². The molecule has 1 atom stereocenters. The van der Waals surface area contributed by atoms with Crippen molar-refractivity contribution in [2.75, 3.05) is 5.73 Å². The lowest BCUT2D eigenvalue weighted by atomic mass is 10.1. The first kappa shape index (κ1) is 10.4. The molecule has 1 unspecified atom stereocenters. The molecule has 0 bridgehead atoms. The minimum absolute atomic E-state index is 0.372. The van der Waals surface area contributed by atoms with Gasteiger partial charge in [0.25, 0.3) is 0 Å². The van der Waals surface area contributed by atoms with Gasteiger partial charge in [0.05, 0.1) is 0 Å². The van der Waals surface area contributed by atoms with Crippen LogP contribution in [0.5, 0.6) is 0 Å². The molecule has 1 heterocycles. The molecule has 1 aliphatic carbocycles. The van der Waals surface area contributed by atoms with Gasteiger partial charge in [0.1, 0.15) is 11.6 Å². The highest BCUT2D eigenvalue weighted by Gasteiger charge is 2.48. The summed E-state index contributed by atoms with van der Waals surface area (Å²) in [7, 11) is 0. The fraction of sp³-hybridized carbons (Fsp3) is 0.667. The second kappa shape index (κ2) is 3.47. The molecule has 82 valence electrons. The first-order chi connectivity index (χ1) is 7.03. The van der Waals surface area contributed by atoms with Crippen LogP contribution >= 0.6 is 0 Å². The molecule has 1 aromatic heterocycles. The summed E-state index contributed by atoms with van der Waals surface area (Å²) in [6.07, 6.45) is 3.28. The Morgan fingerprint density at radius 2 is 2.13 bits per heavy atom. The highest BCUT2D eigenvalue weighted by molar-refractivity contribution is 5.32. The Kier molecular flexibility index (Phi) is 2.41. The minimum atomic E-state index is 0.372. The molecule has 1 fully saturated rings. The Balaban J connectivity index is 2.25. The van der Waals surface area contributed by atoms with Gasteiger partial charge in [0, 0.05) is 17.7 Å². The normalized spacial score (nSPS) is 22.7. The summed E-state index contributed by atoms with van der Waals surface area (Å²) in [6, 6.07) is 1.89. The van der Waals surface area contributed by atoms with E-state index in [0.29, 0.717) is 17.2 Å². The third-order valence-corrected chi connectivity index (χ3v) is 3.15. The number of aromatic nitrogens is 2. The third kappa shape index (κ3) is 2.11. The van der Waals surface area contributed by atoms with Crippen LogP contribution in [-0.2, 0) is 6.42 Å². The van der Waals surface area contributed by atoms with Crippen molar-refractivity contribution in [3.05, 3.63) is 17.6 Å². The van der Waals surface area contributed by atoms with Gasteiger partial charge in [0.2, 0.25) is 0 Å². The van der Waals surface area contributed by atoms with E-state index in [4.69, 9.17) is 5.73 Å². The van der Waals surface area contributed by atoms with Crippen LogP contribution < -0.4 is 5.73 Å². The minimum Gasteiger partial charge on any atom is -0.384 e. The van der Waals surface area contributed by atoms with E-state index in [2.05, 4.69) is 30.7 Å². The van der Waals surface area contributed by atoms with Crippen molar-refractivity contribution in [1.29, 1.82) is 0 Å². The van der Waals surface area contributed by atoms with Crippen LogP contribution in [0, 0.1) is 5.41 Å². The smallest absolute Gasteiger partial charge is 0.134 e. The van der Waals surface area contributed by atoms with Crippen LogP contribution in [0.15, 0.2) is 6.07 Å². The van der Waals surface area contributed by atoms with Crippen molar-refractivity contribution in [3.63, 3.8) is 0 Å². The van der Waals surface area contributed by atoms with Crippen LogP contribution in [0.2, 0.25) is 0 Å². The Morgan fingerprint density at radius 3 is 2.67 bits per heavy atom. The van der Waals surface area contributed by atoms with Crippen molar-refractivity contribution in [1.82, 2.24) is 9.97 Å². The number of anilines is 1. The summed E-state index contributed by atoms with van der Waals surface area (Å²) in [4.78, 5) is 8.93. The fourth-order valence-electron chi connectivity index (χ4n) is 1.99. The van der Waals surface area contributed by atoms with Crippen LogP contribution in [0.25, 0.3) is 0 Å². The van der Waals surface area contributed by atoms with E-state index < -0.39 is 0 Å². The standard InChI is InChI=1S/C12H19N3/c1-4-5-8-6-10(13)15-11(14-8)9-7-12(9,2)3/h6,9H,4-5,7H2,1-3H3,(H2,13,14,15). The number of hydrogen-bond donors (Lipinski definition) is 1. The van der Waals surface area contributed by atoms with Crippen LogP contribution in [0.1, 0.15) is 51.0 Å². The molecule has 2 rings (SSSR count). The van der Waals surface area contributed by atoms with E-state index in [9.17, 15) is 0 Å². The molecule has 1 aliphatic rings. The molecule has 1 aromatic rings. The molecule has 3 heteroatoms. The van der Waals surface area contributed by atoms with Crippen molar-refractivity contribution < 1.29 is 0 Å². The lowest BCUT2D eigenvalue weighted by Gasteiger charge is -2.06. The second-order valence-corrected chi connectivity index (χ2v) is 5.14. The maximum Gasteiger partial charge on any atom is 0.134 e. The summed E-state index contributed by atoms with van der Waals surface area (Å²) in [5, 5.41) is 0. The molecule has 0 aliphatic heterocycles. The first-order valence-electron chi connectivity index (χ1n) is 5.66. The molecule has 1 saturated carbocycles. The van der Waals surface area contributed by atoms with Crippen molar-refractivity contribution >= 4 is 5.82 Å². The Hall–Kier alpha value is -1.12. The fourth-order valence-corrected chi connectivity index (χ4v) is 1.99. The molecule has 0 spiro atoms. The summed E-state index contributed by atoms with van der Waals surface area (Å²) >= 11 is 0. The van der Waals surface area contributed by atoms with Crippen molar-refractivity contribution in [2.45, 2.75) is 46.0 Å². The quantitative estimate of drug-likeness (QED) is 0.825. The van der Waals surface area contributed by atoms with E-state index in [1.807, 2.05) is 6.07 Å². The van der Waals surface area contributed by atoms with E-state index in [1.165, 1.54) is 6.42 Å². The summed E-state index contributed by atoms with van der Waals surface area (Å²) in [5.74, 6) is 2.08. The van der Waals surface area contributed by atoms with Gasteiger partial charge >= 0.3 is 0 Å². The summed E-state index contributed by atoms with van der Waals surface area (Å²) in [6.45, 7) is 6.66. The first-order valence-corrected chi connectivity index (χ1v) is 5.66. The number of hydrogen-bond acceptors (Lipinski definition) is 3. The maximum absolute atomic E-state index is 5.79. The average molecular weight is 205 g/mol. The van der Waals surface area contributed by atoms with E-state index in [1.54, 1.807) is 0 Å². The monoisotopic (exact) mass is 205 g/mol. The van der Waals surface area contributed by atoms with Gasteiger partial charge in [-0.05, 0) is 18.3 Å². The zero-order valence-corrected chi connectivity index (χ0v) is 9.75. The molecular weight excluding hydrogens is 186 g/mol. The van der Waals surface area contributed by atoms with Gasteiger partial charge in [-0.2, -0.15) is 0 Å². The van der Waals surface area contributed by atoms with E-state index >= 15 is 0 Å².